The van der Waals surface area contributed by atoms with Crippen molar-refractivity contribution < 1.29 is 25.9 Å². The molecule has 2 N–H and O–H groups in total. The van der Waals surface area contributed by atoms with E-state index in [4.69, 9.17) is 0 Å². The average Bonchev–Trinajstić information content (AvgIpc) is 3.71. The van der Waals surface area contributed by atoms with Crippen LogP contribution in [0.1, 0.15) is 128 Å². The van der Waals surface area contributed by atoms with Crippen molar-refractivity contribution in [1.29, 1.82) is 0 Å². The molecule has 0 spiro atoms. The predicted molar refractivity (Wildman–Crippen MR) is 241 cm³/mol. The van der Waals surface area contributed by atoms with E-state index < -0.39 is 30.2 Å². The molecule has 2 aliphatic rings. The van der Waals surface area contributed by atoms with Gasteiger partial charge in [-0.1, -0.05) is 176 Å². The van der Waals surface area contributed by atoms with Crippen molar-refractivity contribution in [2.75, 3.05) is 20.4 Å². The van der Waals surface area contributed by atoms with Gasteiger partial charge in [0.2, 0.25) is 9.99 Å². The Kier molecular flexibility index (Phi) is 19.4. The fourth-order valence-electron chi connectivity index (χ4n) is 8.22. The molecule has 0 amide bonds. The number of fused-ring (bicyclic) bond motifs is 2. The zero-order chi connectivity index (χ0) is 41.5. The number of nitrogens with zero attached hydrogens (tertiary/aromatic N) is 2. The van der Waals surface area contributed by atoms with Crippen LogP contribution < -0.4 is 20.4 Å². The maximum atomic E-state index is 12.6. The fourth-order valence-corrected chi connectivity index (χ4v) is 10.3. The summed E-state index contributed by atoms with van der Waals surface area (Å²) in [4.78, 5) is 0.208. The first kappa shape index (κ1) is 48.8. The third kappa shape index (κ3) is 12.6. The van der Waals surface area contributed by atoms with Gasteiger partial charge in [-0.2, -0.15) is 0 Å². The number of hydrogen-bond acceptors (Lipinski definition) is 10. The summed E-state index contributed by atoms with van der Waals surface area (Å²) in [5.74, 6) is 0. The number of nitrogens with one attached hydrogen (secondary N) is 2. The second-order valence-corrected chi connectivity index (χ2v) is 18.8. The number of para-hydroxylation sites is 4. The maximum Gasteiger partial charge on any atom is 2.00 e. The fraction of sp³-hybridized carbons (Fsp3) is 0.478. The van der Waals surface area contributed by atoms with E-state index in [0.29, 0.717) is 37.3 Å². The Labute approximate surface area is 384 Å². The van der Waals surface area contributed by atoms with Gasteiger partial charge in [0.05, 0.1) is 22.7 Å². The molecule has 0 saturated heterocycles. The van der Waals surface area contributed by atoms with E-state index >= 15 is 0 Å². The standard InChI is InChI=1S/2C23H32N2O3S.Ca/c2*1-2-3-4-5-6-7-13-18-23(29(26,27)28)24-21-16-11-12-17-22(21)25(23)19-20-14-9-8-10-15-20;/h2*8-12,14-17,24H,2-7,13,18-19H2,1H3,(H,26,27,28);/q;;+2/p-2. The van der Waals surface area contributed by atoms with Gasteiger partial charge in [-0.25, -0.2) is 16.8 Å². The molecule has 2 aliphatic heterocycles. The molecule has 59 heavy (non-hydrogen) atoms. The van der Waals surface area contributed by atoms with Gasteiger partial charge in [-0.3, -0.25) is 0 Å². The number of rotatable bonds is 22. The van der Waals surface area contributed by atoms with Gasteiger partial charge < -0.3 is 29.5 Å². The number of benzene rings is 4. The summed E-state index contributed by atoms with van der Waals surface area (Å²) < 4.78 is 75.4. The predicted octanol–water partition coefficient (Wildman–Crippen LogP) is 10.5. The van der Waals surface area contributed by atoms with Crippen molar-refractivity contribution in [3.05, 3.63) is 120 Å². The third-order valence-electron chi connectivity index (χ3n) is 11.4. The topological polar surface area (TPSA) is 145 Å². The summed E-state index contributed by atoms with van der Waals surface area (Å²) in [7, 11) is -9.28. The zero-order valence-electron chi connectivity index (χ0n) is 35.0. The molecule has 2 unspecified atom stereocenters. The van der Waals surface area contributed by atoms with Crippen molar-refractivity contribution in [1.82, 2.24) is 0 Å². The van der Waals surface area contributed by atoms with Crippen LogP contribution in [0.4, 0.5) is 22.7 Å². The summed E-state index contributed by atoms with van der Waals surface area (Å²) in [6.45, 7) is 5.10. The molecule has 6 rings (SSSR count). The minimum Gasteiger partial charge on any atom is -0.745 e. The van der Waals surface area contributed by atoms with E-state index in [0.717, 1.165) is 61.0 Å². The van der Waals surface area contributed by atoms with Crippen LogP contribution in [-0.2, 0) is 33.3 Å². The Bertz CT molecular complexity index is 1930. The van der Waals surface area contributed by atoms with Crippen molar-refractivity contribution in [2.24, 2.45) is 0 Å². The number of anilines is 4. The molecule has 0 bridgehead atoms. The molecule has 0 saturated carbocycles. The van der Waals surface area contributed by atoms with E-state index in [9.17, 15) is 25.9 Å². The summed E-state index contributed by atoms with van der Waals surface area (Å²) in [5.41, 5.74) is 4.87. The van der Waals surface area contributed by atoms with E-state index in [2.05, 4.69) is 24.5 Å². The van der Waals surface area contributed by atoms with Crippen molar-refractivity contribution in [2.45, 2.75) is 140 Å². The van der Waals surface area contributed by atoms with Crippen molar-refractivity contribution >= 4 is 80.7 Å². The Morgan fingerprint density at radius 3 is 1.10 bits per heavy atom. The first-order valence-corrected chi connectivity index (χ1v) is 24.1. The summed E-state index contributed by atoms with van der Waals surface area (Å²) in [6, 6.07) is 34.3. The van der Waals surface area contributed by atoms with Gasteiger partial charge in [-0.05, 0) is 48.2 Å². The van der Waals surface area contributed by atoms with E-state index in [1.165, 1.54) is 38.5 Å². The van der Waals surface area contributed by atoms with Crippen LogP contribution >= 0.6 is 0 Å². The first-order chi connectivity index (χ1) is 28.0. The van der Waals surface area contributed by atoms with Crippen LogP contribution in [0.2, 0.25) is 0 Å². The third-order valence-corrected chi connectivity index (χ3v) is 14.1. The van der Waals surface area contributed by atoms with Gasteiger partial charge in [0.1, 0.15) is 20.2 Å². The number of unbranched alkanes of at least 4 members (excludes halogenated alkanes) is 12. The van der Waals surface area contributed by atoms with Crippen molar-refractivity contribution in [3.63, 3.8) is 0 Å². The summed E-state index contributed by atoms with van der Waals surface area (Å²) in [6.07, 6.45) is 15.6. The van der Waals surface area contributed by atoms with Gasteiger partial charge in [0, 0.05) is 25.9 Å². The van der Waals surface area contributed by atoms with E-state index in [-0.39, 0.29) is 50.6 Å². The van der Waals surface area contributed by atoms with Crippen LogP contribution in [0, 0.1) is 0 Å². The molecular formula is C46H62CaN4O6S2. The molecule has 10 nitrogen and oxygen atoms in total. The van der Waals surface area contributed by atoms with Gasteiger partial charge in [0.25, 0.3) is 0 Å². The largest absolute Gasteiger partial charge is 2.00 e. The van der Waals surface area contributed by atoms with Gasteiger partial charge in [-0.15, -0.1) is 0 Å². The van der Waals surface area contributed by atoms with Crippen LogP contribution in [0.3, 0.4) is 0 Å². The normalized spacial score (nSPS) is 18.2. The quantitative estimate of drug-likeness (QED) is 0.0445. The zero-order valence-corrected chi connectivity index (χ0v) is 38.8. The molecule has 316 valence electrons. The Morgan fingerprint density at radius 1 is 0.458 bits per heavy atom. The molecule has 4 aromatic carbocycles. The van der Waals surface area contributed by atoms with Crippen LogP contribution in [0.15, 0.2) is 109 Å². The minimum atomic E-state index is -4.64. The second-order valence-electron chi connectivity index (χ2n) is 15.6. The molecular weight excluding hydrogens is 809 g/mol. The molecule has 0 aliphatic carbocycles. The molecule has 0 radical (unpaired) electrons. The summed E-state index contributed by atoms with van der Waals surface area (Å²) in [5, 5.41) is 6.19. The van der Waals surface area contributed by atoms with Crippen LogP contribution in [0.25, 0.3) is 0 Å². The Hall–Kier alpha value is -2.84. The molecule has 0 aromatic heterocycles. The SMILES string of the molecule is CCCCCCCCCC1(S(=O)(=O)[O-])Nc2ccccc2N1Cc1ccccc1.CCCCCCCCCC1(S(=O)(=O)[O-])Nc2ccccc2N1Cc1ccccc1.[Ca+2]. The van der Waals surface area contributed by atoms with Crippen LogP contribution in [0.5, 0.6) is 0 Å². The minimum absolute atomic E-state index is 0. The monoisotopic (exact) mass is 870 g/mol. The molecule has 0 fully saturated rings. The summed E-state index contributed by atoms with van der Waals surface area (Å²) >= 11 is 0. The molecule has 2 heterocycles. The molecule has 2 atom stereocenters. The maximum absolute atomic E-state index is 12.6. The van der Waals surface area contributed by atoms with E-state index in [1.54, 1.807) is 9.80 Å². The van der Waals surface area contributed by atoms with Crippen molar-refractivity contribution in [3.8, 4) is 0 Å². The molecule has 13 heteroatoms. The average molecular weight is 871 g/mol. The Morgan fingerprint density at radius 2 is 0.763 bits per heavy atom. The first-order valence-electron chi connectivity index (χ1n) is 21.2. The smallest absolute Gasteiger partial charge is 0.745 e. The van der Waals surface area contributed by atoms with E-state index in [1.807, 2.05) is 109 Å². The van der Waals surface area contributed by atoms with Gasteiger partial charge in [0.15, 0.2) is 0 Å². The molecule has 4 aromatic rings. The Balaban J connectivity index is 0.000000256. The second kappa shape index (κ2) is 23.4. The van der Waals surface area contributed by atoms with Gasteiger partial charge >= 0.3 is 37.7 Å². The number of hydrogen-bond donors (Lipinski definition) is 2. The van der Waals surface area contributed by atoms with Crippen LogP contribution in [-0.4, -0.2) is 73.7 Å².